The smallest absolute Gasteiger partial charge is 0.318 e. The first-order valence-electron chi connectivity index (χ1n) is 12.4. The van der Waals surface area contributed by atoms with E-state index >= 15 is 0 Å². The summed E-state index contributed by atoms with van der Waals surface area (Å²) in [6.45, 7) is 6.07. The topological polar surface area (TPSA) is 123 Å². The second-order valence-corrected chi connectivity index (χ2v) is 8.79. The number of carbonyl (C=O) groups is 3. The zero-order valence-corrected chi connectivity index (χ0v) is 22.0. The van der Waals surface area contributed by atoms with Crippen molar-refractivity contribution in [3.8, 4) is 11.8 Å². The van der Waals surface area contributed by atoms with Crippen molar-refractivity contribution in [3.63, 3.8) is 0 Å². The number of ketones is 1. The number of para-hydroxylation sites is 1. The van der Waals surface area contributed by atoms with Crippen LogP contribution in [0.25, 0.3) is 16.6 Å². The Kier molecular flexibility index (Phi) is 9.66. The molecule has 0 fully saturated rings. The first-order valence-corrected chi connectivity index (χ1v) is 12.4. The van der Waals surface area contributed by atoms with Gasteiger partial charge in [-0.2, -0.15) is 5.26 Å². The summed E-state index contributed by atoms with van der Waals surface area (Å²) in [5, 5.41) is 18.6. The number of rotatable bonds is 11. The van der Waals surface area contributed by atoms with Crippen molar-refractivity contribution >= 4 is 40.0 Å². The van der Waals surface area contributed by atoms with Crippen LogP contribution in [-0.4, -0.2) is 33.7 Å². The third kappa shape index (κ3) is 6.79. The van der Waals surface area contributed by atoms with Crippen LogP contribution < -0.4 is 0 Å². The molecule has 0 saturated heterocycles. The predicted octanol–water partition coefficient (Wildman–Crippen LogP) is 5.86. The van der Waals surface area contributed by atoms with E-state index in [2.05, 4.69) is 28.1 Å². The maximum Gasteiger partial charge on any atom is 0.331 e. The number of Topliss-reactive ketones (excluding diaryl/α,β-unsaturated/α-hetero) is 1. The largest absolute Gasteiger partial charge is 0.331 e. The van der Waals surface area contributed by atoms with Gasteiger partial charge in [0.25, 0.3) is 0 Å². The van der Waals surface area contributed by atoms with E-state index in [4.69, 9.17) is 4.84 Å². The van der Waals surface area contributed by atoms with Crippen LogP contribution in [0, 0.1) is 11.3 Å². The number of aromatic nitrogens is 1. The van der Waals surface area contributed by atoms with Crippen LogP contribution in [0.15, 0.2) is 59.0 Å². The monoisotopic (exact) mass is 514 g/mol. The Morgan fingerprint density at radius 1 is 0.947 bits per heavy atom. The maximum atomic E-state index is 12.8. The molecule has 3 rings (SSSR count). The lowest BCUT2D eigenvalue weighted by Crippen LogP contribution is -2.12. The van der Waals surface area contributed by atoms with Gasteiger partial charge >= 0.3 is 11.9 Å². The van der Waals surface area contributed by atoms with Gasteiger partial charge in [-0.05, 0) is 44.0 Å². The zero-order valence-electron chi connectivity index (χ0n) is 22.0. The number of carbonyl (C=O) groups excluding carboxylic acids is 3. The minimum atomic E-state index is -0.637. The van der Waals surface area contributed by atoms with Gasteiger partial charge in [0.05, 0.1) is 22.5 Å². The van der Waals surface area contributed by atoms with Crippen LogP contribution in [0.2, 0.25) is 0 Å². The Morgan fingerprint density at radius 3 is 2.34 bits per heavy atom. The quantitative estimate of drug-likeness (QED) is 0.104. The lowest BCUT2D eigenvalue weighted by molar-refractivity contribution is -0.141. The fourth-order valence-electron chi connectivity index (χ4n) is 4.04. The molecule has 0 N–H and O–H groups in total. The second-order valence-electron chi connectivity index (χ2n) is 8.79. The van der Waals surface area contributed by atoms with Crippen molar-refractivity contribution in [1.29, 1.82) is 5.26 Å². The number of oxime groups is 2. The fraction of sp³-hybridized carbons (Fsp3) is 0.310. The maximum absolute atomic E-state index is 12.8. The van der Waals surface area contributed by atoms with Gasteiger partial charge in [0.15, 0.2) is 0 Å². The molecule has 0 bridgehead atoms. The molecule has 0 radical (unpaired) electrons. The molecule has 1 heterocycles. The number of fused-ring (bicyclic) bond motifs is 1. The molecule has 0 atom stereocenters. The van der Waals surface area contributed by atoms with E-state index in [-0.39, 0.29) is 16.8 Å². The van der Waals surface area contributed by atoms with E-state index < -0.39 is 17.7 Å². The van der Waals surface area contributed by atoms with Crippen LogP contribution in [-0.2, 0) is 19.3 Å². The second kappa shape index (κ2) is 13.1. The number of benzene rings is 2. The molecular formula is C29H30N4O5. The van der Waals surface area contributed by atoms with Gasteiger partial charge in [0.1, 0.15) is 11.8 Å². The lowest BCUT2D eigenvalue weighted by Gasteiger charge is -2.09. The summed E-state index contributed by atoms with van der Waals surface area (Å²) < 4.78 is 1.87. The molecule has 38 heavy (non-hydrogen) atoms. The third-order valence-electron chi connectivity index (χ3n) is 5.85. The van der Waals surface area contributed by atoms with Crippen molar-refractivity contribution in [1.82, 2.24) is 4.57 Å². The molecule has 9 heteroatoms. The molecule has 0 aliphatic carbocycles. The summed E-state index contributed by atoms with van der Waals surface area (Å²) in [6, 6.07) is 14.6. The van der Waals surface area contributed by atoms with Crippen LogP contribution in [0.4, 0.5) is 0 Å². The highest BCUT2D eigenvalue weighted by atomic mass is 16.7. The predicted molar refractivity (Wildman–Crippen MR) is 144 cm³/mol. The van der Waals surface area contributed by atoms with E-state index in [9.17, 15) is 19.6 Å². The van der Waals surface area contributed by atoms with Gasteiger partial charge < -0.3 is 14.2 Å². The molecule has 0 unspecified atom stereocenters. The molecule has 0 aliphatic heterocycles. The number of nitrogens with zero attached hydrogens (tertiary/aromatic N) is 4. The van der Waals surface area contributed by atoms with Crippen LogP contribution in [0.5, 0.6) is 0 Å². The van der Waals surface area contributed by atoms with Gasteiger partial charge in [0, 0.05) is 36.6 Å². The Balaban J connectivity index is 2.08. The standard InChI is InChI=1S/C29H30N4O5/c1-5-6-7-8-12-26(32-38-21(4)35)25-18-33(28-13-10-9-11-24(25)28)27-15-14-22(16-23(27)17-30)29(36)19(2)31-37-20(3)34/h9-11,13-16,18H,5-8,12H2,1-4H3/b31-19-,32-26+. The number of unbranched alkanes of at least 4 members (excludes halogenated alkanes) is 3. The summed E-state index contributed by atoms with van der Waals surface area (Å²) in [7, 11) is 0. The Morgan fingerprint density at radius 2 is 1.66 bits per heavy atom. The minimum Gasteiger partial charge on any atom is -0.318 e. The SMILES string of the molecule is CCCCCC/C(=N\OC(C)=O)c1cn(-c2ccc(C(=O)/C(C)=N\OC(C)=O)cc2C#N)c2ccccc12. The molecule has 0 saturated carbocycles. The average molecular weight is 515 g/mol. The fourth-order valence-corrected chi connectivity index (χ4v) is 4.04. The highest BCUT2D eigenvalue weighted by molar-refractivity contribution is 6.45. The van der Waals surface area contributed by atoms with Crippen molar-refractivity contribution in [2.75, 3.05) is 0 Å². The Hall–Kier alpha value is -4.58. The molecule has 196 valence electrons. The molecule has 2 aromatic carbocycles. The molecule has 9 nitrogen and oxygen atoms in total. The normalized spacial score (nSPS) is 11.8. The Bertz CT molecular complexity index is 1460. The molecular weight excluding hydrogens is 484 g/mol. The highest BCUT2D eigenvalue weighted by Gasteiger charge is 2.19. The van der Waals surface area contributed by atoms with Gasteiger partial charge in [-0.15, -0.1) is 0 Å². The lowest BCUT2D eigenvalue weighted by atomic mass is 10.0. The molecule has 1 aromatic heterocycles. The molecule has 0 aliphatic rings. The van der Waals surface area contributed by atoms with Gasteiger partial charge in [-0.3, -0.25) is 4.79 Å². The van der Waals surface area contributed by atoms with E-state index in [1.807, 2.05) is 35.0 Å². The summed E-state index contributed by atoms with van der Waals surface area (Å²) >= 11 is 0. The summed E-state index contributed by atoms with van der Waals surface area (Å²) in [6.07, 6.45) is 6.62. The zero-order chi connectivity index (χ0) is 27.7. The summed E-state index contributed by atoms with van der Waals surface area (Å²) in [5.41, 5.74) is 3.34. The van der Waals surface area contributed by atoms with Crippen molar-refractivity contribution in [2.24, 2.45) is 10.3 Å². The van der Waals surface area contributed by atoms with Gasteiger partial charge in [-0.1, -0.05) is 54.7 Å². The van der Waals surface area contributed by atoms with Crippen molar-refractivity contribution < 1.29 is 24.1 Å². The van der Waals surface area contributed by atoms with Gasteiger partial charge in [0.2, 0.25) is 5.78 Å². The van der Waals surface area contributed by atoms with Crippen molar-refractivity contribution in [3.05, 3.63) is 65.4 Å². The average Bonchev–Trinajstić information content (AvgIpc) is 3.29. The first kappa shape index (κ1) is 28.0. The van der Waals surface area contributed by atoms with Crippen molar-refractivity contribution in [2.45, 2.75) is 59.8 Å². The van der Waals surface area contributed by atoms with Crippen LogP contribution in [0.3, 0.4) is 0 Å². The highest BCUT2D eigenvalue weighted by Crippen LogP contribution is 2.29. The van der Waals surface area contributed by atoms with E-state index in [0.717, 1.165) is 42.1 Å². The van der Waals surface area contributed by atoms with E-state index in [1.54, 1.807) is 12.1 Å². The number of nitriles is 1. The molecule has 0 amide bonds. The molecule has 0 spiro atoms. The third-order valence-corrected chi connectivity index (χ3v) is 5.85. The van der Waals surface area contributed by atoms with Crippen LogP contribution in [0.1, 0.15) is 81.3 Å². The Labute approximate surface area is 221 Å². The number of hydrogen-bond donors (Lipinski definition) is 0. The van der Waals surface area contributed by atoms with Crippen LogP contribution >= 0.6 is 0 Å². The molecule has 3 aromatic rings. The van der Waals surface area contributed by atoms with E-state index in [1.165, 1.54) is 26.8 Å². The van der Waals surface area contributed by atoms with Gasteiger partial charge in [-0.25, -0.2) is 9.59 Å². The summed E-state index contributed by atoms with van der Waals surface area (Å²) in [5.74, 6) is -1.60. The van der Waals surface area contributed by atoms with E-state index in [0.29, 0.717) is 17.8 Å². The summed E-state index contributed by atoms with van der Waals surface area (Å²) in [4.78, 5) is 44.9. The first-order chi connectivity index (χ1) is 18.3. The number of hydrogen-bond acceptors (Lipinski definition) is 8. The minimum absolute atomic E-state index is 0.0139.